The Hall–Kier alpha value is -0.940. The van der Waals surface area contributed by atoms with E-state index in [2.05, 4.69) is 21.2 Å². The minimum absolute atomic E-state index is 0.0273. The molecule has 3 N–H and O–H groups in total. The Morgan fingerprint density at radius 2 is 2.31 bits per heavy atom. The van der Waals surface area contributed by atoms with Crippen molar-refractivity contribution in [2.75, 3.05) is 5.32 Å². The van der Waals surface area contributed by atoms with Crippen LogP contribution >= 0.6 is 15.9 Å². The lowest BCUT2D eigenvalue weighted by Gasteiger charge is -2.07. The third-order valence-corrected chi connectivity index (χ3v) is 2.53. The summed E-state index contributed by atoms with van der Waals surface area (Å²) in [5.41, 5.74) is 5.72. The molecule has 0 aliphatic heterocycles. The Labute approximate surface area is 102 Å². The second-order valence-corrected chi connectivity index (χ2v) is 4.60. The third-order valence-electron chi connectivity index (χ3n) is 2.03. The highest BCUT2D eigenvalue weighted by Gasteiger charge is 2.07. The van der Waals surface area contributed by atoms with E-state index in [1.165, 1.54) is 12.1 Å². The number of hydrogen-bond acceptors (Lipinski definition) is 2. The molecule has 1 atom stereocenters. The molecule has 0 radical (unpaired) electrons. The van der Waals surface area contributed by atoms with E-state index in [-0.39, 0.29) is 17.6 Å². The molecule has 1 aromatic rings. The topological polar surface area (TPSA) is 55.1 Å². The Morgan fingerprint density at radius 1 is 1.62 bits per heavy atom. The number of halogens is 2. The number of nitrogens with one attached hydrogen (secondary N) is 1. The lowest BCUT2D eigenvalue weighted by molar-refractivity contribution is -0.116. The van der Waals surface area contributed by atoms with Crippen LogP contribution < -0.4 is 11.1 Å². The van der Waals surface area contributed by atoms with Crippen LogP contribution in [0.25, 0.3) is 0 Å². The van der Waals surface area contributed by atoms with Crippen LogP contribution in [0, 0.1) is 5.82 Å². The molecule has 0 fully saturated rings. The van der Waals surface area contributed by atoms with Crippen LogP contribution in [0.15, 0.2) is 22.7 Å². The van der Waals surface area contributed by atoms with Crippen molar-refractivity contribution >= 4 is 27.5 Å². The summed E-state index contributed by atoms with van der Waals surface area (Å²) in [5, 5.41) is 2.50. The highest BCUT2D eigenvalue weighted by Crippen LogP contribution is 2.19. The molecule has 5 heteroatoms. The Bertz CT molecular complexity index is 382. The number of carbonyl (C=O) groups is 1. The molecule has 0 saturated carbocycles. The quantitative estimate of drug-likeness (QED) is 0.895. The van der Waals surface area contributed by atoms with Crippen LogP contribution in [-0.2, 0) is 4.79 Å². The largest absolute Gasteiger partial charge is 0.328 e. The molecular weight excluding hydrogens is 275 g/mol. The average Bonchev–Trinajstić information content (AvgIpc) is 2.19. The zero-order chi connectivity index (χ0) is 12.1. The van der Waals surface area contributed by atoms with Crippen LogP contribution in [0.2, 0.25) is 0 Å². The lowest BCUT2D eigenvalue weighted by atomic mass is 10.2. The summed E-state index contributed by atoms with van der Waals surface area (Å²) in [7, 11) is 0. The number of benzene rings is 1. The van der Waals surface area contributed by atoms with Crippen LogP contribution in [0.3, 0.4) is 0 Å². The minimum atomic E-state index is -0.455. The SMILES string of the molecule is CC(N)CCC(=O)Nc1ccc(Br)cc1F. The Morgan fingerprint density at radius 3 is 2.88 bits per heavy atom. The fourth-order valence-corrected chi connectivity index (χ4v) is 1.50. The first-order valence-corrected chi connectivity index (χ1v) is 5.79. The van der Waals surface area contributed by atoms with Crippen molar-refractivity contribution in [2.24, 2.45) is 5.73 Å². The molecule has 0 bridgehead atoms. The first-order chi connectivity index (χ1) is 7.49. The van der Waals surface area contributed by atoms with Gasteiger partial charge in [-0.3, -0.25) is 4.79 Å². The molecule has 0 aromatic heterocycles. The van der Waals surface area contributed by atoms with E-state index in [1.807, 2.05) is 6.92 Å². The highest BCUT2D eigenvalue weighted by molar-refractivity contribution is 9.10. The molecule has 3 nitrogen and oxygen atoms in total. The summed E-state index contributed by atoms with van der Waals surface area (Å²) >= 11 is 3.14. The summed E-state index contributed by atoms with van der Waals surface area (Å²) in [6, 6.07) is 4.47. The number of anilines is 1. The summed E-state index contributed by atoms with van der Waals surface area (Å²) in [5.74, 6) is -0.679. The molecule has 16 heavy (non-hydrogen) atoms. The smallest absolute Gasteiger partial charge is 0.224 e. The van der Waals surface area contributed by atoms with Gasteiger partial charge in [-0.05, 0) is 31.5 Å². The van der Waals surface area contributed by atoms with Gasteiger partial charge in [0.2, 0.25) is 5.91 Å². The maximum absolute atomic E-state index is 13.3. The van der Waals surface area contributed by atoms with Gasteiger partial charge in [0.1, 0.15) is 5.82 Å². The van der Waals surface area contributed by atoms with E-state index < -0.39 is 5.82 Å². The molecular formula is C11H14BrFN2O. The molecule has 1 rings (SSSR count). The van der Waals surface area contributed by atoms with Crippen LogP contribution in [0.5, 0.6) is 0 Å². The fourth-order valence-electron chi connectivity index (χ4n) is 1.16. The lowest BCUT2D eigenvalue weighted by Crippen LogP contribution is -2.19. The number of nitrogens with two attached hydrogens (primary N) is 1. The zero-order valence-corrected chi connectivity index (χ0v) is 10.6. The van der Waals surface area contributed by atoms with Crippen molar-refractivity contribution in [3.05, 3.63) is 28.5 Å². The van der Waals surface area contributed by atoms with E-state index >= 15 is 0 Å². The minimum Gasteiger partial charge on any atom is -0.328 e. The van der Waals surface area contributed by atoms with Gasteiger partial charge in [-0.2, -0.15) is 0 Å². The molecule has 0 spiro atoms. The van der Waals surface area contributed by atoms with Gasteiger partial charge in [0, 0.05) is 16.9 Å². The molecule has 0 aliphatic carbocycles. The molecule has 0 heterocycles. The van der Waals surface area contributed by atoms with Crippen molar-refractivity contribution in [1.82, 2.24) is 0 Å². The maximum atomic E-state index is 13.3. The molecule has 1 amide bonds. The highest BCUT2D eigenvalue weighted by atomic mass is 79.9. The summed E-state index contributed by atoms with van der Waals surface area (Å²) in [6.07, 6.45) is 0.886. The molecule has 1 unspecified atom stereocenters. The molecule has 0 aliphatic rings. The predicted molar refractivity (Wildman–Crippen MR) is 65.6 cm³/mol. The predicted octanol–water partition coefficient (Wildman–Crippen LogP) is 2.65. The number of rotatable bonds is 4. The summed E-state index contributed by atoms with van der Waals surface area (Å²) < 4.78 is 14.0. The monoisotopic (exact) mass is 288 g/mol. The maximum Gasteiger partial charge on any atom is 0.224 e. The van der Waals surface area contributed by atoms with Crippen LogP contribution in [0.4, 0.5) is 10.1 Å². The van der Waals surface area contributed by atoms with Crippen molar-refractivity contribution in [2.45, 2.75) is 25.8 Å². The van der Waals surface area contributed by atoms with Crippen molar-refractivity contribution < 1.29 is 9.18 Å². The van der Waals surface area contributed by atoms with Gasteiger partial charge in [0.15, 0.2) is 0 Å². The van der Waals surface area contributed by atoms with Crippen molar-refractivity contribution in [3.8, 4) is 0 Å². The van der Waals surface area contributed by atoms with E-state index in [4.69, 9.17) is 5.73 Å². The van der Waals surface area contributed by atoms with Crippen LogP contribution in [0.1, 0.15) is 19.8 Å². The third kappa shape index (κ3) is 4.28. The summed E-state index contributed by atoms with van der Waals surface area (Å²) in [4.78, 5) is 11.4. The van der Waals surface area contributed by atoms with E-state index in [0.29, 0.717) is 17.3 Å². The number of carbonyl (C=O) groups excluding carboxylic acids is 1. The zero-order valence-electron chi connectivity index (χ0n) is 8.97. The Balaban J connectivity index is 2.56. The van der Waals surface area contributed by atoms with Gasteiger partial charge in [-0.1, -0.05) is 15.9 Å². The summed E-state index contributed by atoms with van der Waals surface area (Å²) in [6.45, 7) is 1.83. The first kappa shape index (κ1) is 13.1. The first-order valence-electron chi connectivity index (χ1n) is 4.99. The van der Waals surface area contributed by atoms with Crippen molar-refractivity contribution in [3.63, 3.8) is 0 Å². The number of hydrogen-bond donors (Lipinski definition) is 2. The standard InChI is InChI=1S/C11H14BrFN2O/c1-7(14)2-5-11(16)15-10-4-3-8(12)6-9(10)13/h3-4,6-7H,2,5,14H2,1H3,(H,15,16). The average molecular weight is 289 g/mol. The second kappa shape index (κ2) is 5.96. The molecule has 1 aromatic carbocycles. The van der Waals surface area contributed by atoms with E-state index in [0.717, 1.165) is 0 Å². The normalized spacial score (nSPS) is 12.2. The van der Waals surface area contributed by atoms with Gasteiger partial charge in [0.25, 0.3) is 0 Å². The molecule has 88 valence electrons. The van der Waals surface area contributed by atoms with Gasteiger partial charge in [-0.15, -0.1) is 0 Å². The van der Waals surface area contributed by atoms with Crippen molar-refractivity contribution in [1.29, 1.82) is 0 Å². The van der Waals surface area contributed by atoms with Gasteiger partial charge in [0.05, 0.1) is 5.69 Å². The number of amides is 1. The fraction of sp³-hybridized carbons (Fsp3) is 0.364. The van der Waals surface area contributed by atoms with Gasteiger partial charge in [-0.25, -0.2) is 4.39 Å². The van der Waals surface area contributed by atoms with E-state index in [1.54, 1.807) is 6.07 Å². The second-order valence-electron chi connectivity index (χ2n) is 3.69. The van der Waals surface area contributed by atoms with Gasteiger partial charge >= 0.3 is 0 Å². The molecule has 0 saturated heterocycles. The van der Waals surface area contributed by atoms with Crippen LogP contribution in [-0.4, -0.2) is 11.9 Å². The van der Waals surface area contributed by atoms with Gasteiger partial charge < -0.3 is 11.1 Å². The van der Waals surface area contributed by atoms with E-state index in [9.17, 15) is 9.18 Å². The Kier molecular flexibility index (Phi) is 4.89.